The van der Waals surface area contributed by atoms with Crippen molar-refractivity contribution >= 4 is 0 Å². The van der Waals surface area contributed by atoms with Crippen LogP contribution < -0.4 is 5.32 Å². The highest BCUT2D eigenvalue weighted by molar-refractivity contribution is 5.16. The van der Waals surface area contributed by atoms with E-state index >= 15 is 0 Å². The first kappa shape index (κ1) is 5.48. The van der Waals surface area contributed by atoms with Gasteiger partial charge in [0, 0.05) is 12.1 Å². The van der Waals surface area contributed by atoms with E-state index in [4.69, 9.17) is 0 Å². The van der Waals surface area contributed by atoms with E-state index in [1.807, 2.05) is 0 Å². The molecule has 0 spiro atoms. The Morgan fingerprint density at radius 3 is 3.00 bits per heavy atom. The van der Waals surface area contributed by atoms with Crippen LogP contribution in [-0.2, 0) is 0 Å². The lowest BCUT2D eigenvalue weighted by atomic mass is 10.1. The second kappa shape index (κ2) is 1.84. The fraction of sp³-hybridized carbons (Fsp3) is 0.750. The van der Waals surface area contributed by atoms with Crippen molar-refractivity contribution in [1.29, 1.82) is 0 Å². The fourth-order valence-electron chi connectivity index (χ4n) is 1.96. The Morgan fingerprint density at radius 1 is 1.44 bits per heavy atom. The molecule has 1 N–H and O–H groups in total. The van der Waals surface area contributed by atoms with Gasteiger partial charge in [-0.3, -0.25) is 0 Å². The van der Waals surface area contributed by atoms with E-state index < -0.39 is 0 Å². The third-order valence-corrected chi connectivity index (χ3v) is 2.48. The van der Waals surface area contributed by atoms with Crippen molar-refractivity contribution in [2.24, 2.45) is 0 Å². The second-order valence-corrected chi connectivity index (χ2v) is 3.21. The Morgan fingerprint density at radius 2 is 2.33 bits per heavy atom. The van der Waals surface area contributed by atoms with Gasteiger partial charge in [-0.1, -0.05) is 18.6 Å². The molecule has 0 aliphatic carbocycles. The maximum absolute atomic E-state index is 4.03. The number of hydrogen-bond acceptors (Lipinski definition) is 1. The van der Waals surface area contributed by atoms with Crippen LogP contribution in [0.3, 0.4) is 0 Å². The molecule has 0 unspecified atom stereocenters. The standard InChI is InChI=1S/C8H13N/c1-6-5-7-3-2-4-8(6)9-7/h7-9H,1-5H2/t7-,8+/m1/s1. The zero-order valence-electron chi connectivity index (χ0n) is 5.69. The Balaban J connectivity index is 2.15. The molecule has 1 nitrogen and oxygen atoms in total. The topological polar surface area (TPSA) is 12.0 Å². The summed E-state index contributed by atoms with van der Waals surface area (Å²) in [5, 5.41) is 3.54. The van der Waals surface area contributed by atoms with Crippen molar-refractivity contribution in [1.82, 2.24) is 5.32 Å². The Bertz CT molecular complexity index is 140. The highest BCUT2D eigenvalue weighted by atomic mass is 15.0. The van der Waals surface area contributed by atoms with Crippen LogP contribution in [0.15, 0.2) is 12.2 Å². The first-order chi connectivity index (χ1) is 4.36. The second-order valence-electron chi connectivity index (χ2n) is 3.21. The number of piperidine rings is 1. The maximum Gasteiger partial charge on any atom is 0.0280 e. The van der Waals surface area contributed by atoms with E-state index in [-0.39, 0.29) is 0 Å². The van der Waals surface area contributed by atoms with Gasteiger partial charge in [0.25, 0.3) is 0 Å². The molecule has 2 saturated heterocycles. The van der Waals surface area contributed by atoms with Gasteiger partial charge in [-0.15, -0.1) is 0 Å². The molecule has 1 heteroatoms. The van der Waals surface area contributed by atoms with Crippen LogP contribution in [0.25, 0.3) is 0 Å². The van der Waals surface area contributed by atoms with Crippen LogP contribution in [0.4, 0.5) is 0 Å². The normalized spacial score (nSPS) is 41.6. The van der Waals surface area contributed by atoms with Crippen molar-refractivity contribution in [2.75, 3.05) is 0 Å². The lowest BCUT2D eigenvalue weighted by Gasteiger charge is -2.19. The Hall–Kier alpha value is -0.300. The summed E-state index contributed by atoms with van der Waals surface area (Å²) in [6, 6.07) is 1.47. The Kier molecular flexibility index (Phi) is 1.12. The minimum atomic E-state index is 0.684. The quantitative estimate of drug-likeness (QED) is 0.481. The summed E-state index contributed by atoms with van der Waals surface area (Å²) < 4.78 is 0. The molecule has 2 atom stereocenters. The molecule has 0 aromatic carbocycles. The van der Waals surface area contributed by atoms with Gasteiger partial charge in [0.15, 0.2) is 0 Å². The summed E-state index contributed by atoms with van der Waals surface area (Å²) in [6.45, 7) is 4.03. The molecule has 2 fully saturated rings. The van der Waals surface area contributed by atoms with Crippen molar-refractivity contribution in [3.05, 3.63) is 12.2 Å². The summed E-state index contributed by atoms with van der Waals surface area (Å²) in [5.41, 5.74) is 1.44. The van der Waals surface area contributed by atoms with E-state index in [0.29, 0.717) is 6.04 Å². The lowest BCUT2D eigenvalue weighted by Crippen LogP contribution is -2.33. The number of fused-ring (bicyclic) bond motifs is 2. The molecule has 2 rings (SSSR count). The zero-order valence-corrected chi connectivity index (χ0v) is 5.69. The van der Waals surface area contributed by atoms with Gasteiger partial charge in [-0.25, -0.2) is 0 Å². The van der Waals surface area contributed by atoms with E-state index in [2.05, 4.69) is 11.9 Å². The van der Waals surface area contributed by atoms with Gasteiger partial charge < -0.3 is 5.32 Å². The molecule has 2 bridgehead atoms. The smallest absolute Gasteiger partial charge is 0.0280 e. The molecular weight excluding hydrogens is 110 g/mol. The molecule has 0 saturated carbocycles. The summed E-state index contributed by atoms with van der Waals surface area (Å²) in [7, 11) is 0. The summed E-state index contributed by atoms with van der Waals surface area (Å²) >= 11 is 0. The molecule has 2 aliphatic heterocycles. The molecular formula is C8H13N. The van der Waals surface area contributed by atoms with Crippen LogP contribution in [0.2, 0.25) is 0 Å². The molecule has 50 valence electrons. The highest BCUT2D eigenvalue weighted by Gasteiger charge is 2.29. The molecule has 2 heterocycles. The van der Waals surface area contributed by atoms with Gasteiger partial charge in [0.05, 0.1) is 0 Å². The third-order valence-electron chi connectivity index (χ3n) is 2.48. The molecule has 9 heavy (non-hydrogen) atoms. The van der Waals surface area contributed by atoms with E-state index in [0.717, 1.165) is 6.04 Å². The predicted molar refractivity (Wildman–Crippen MR) is 38.3 cm³/mol. The van der Waals surface area contributed by atoms with Gasteiger partial charge in [-0.2, -0.15) is 0 Å². The van der Waals surface area contributed by atoms with E-state index in [9.17, 15) is 0 Å². The van der Waals surface area contributed by atoms with Crippen molar-refractivity contribution in [3.63, 3.8) is 0 Å². The SMILES string of the molecule is C=C1C[C@H]2CCC[C@@H]1N2. The summed E-state index contributed by atoms with van der Waals surface area (Å²) in [5.74, 6) is 0. The first-order valence-electron chi connectivity index (χ1n) is 3.80. The van der Waals surface area contributed by atoms with Gasteiger partial charge >= 0.3 is 0 Å². The maximum atomic E-state index is 4.03. The number of hydrogen-bond donors (Lipinski definition) is 1. The first-order valence-corrected chi connectivity index (χ1v) is 3.80. The predicted octanol–water partition coefficient (Wildman–Crippen LogP) is 1.46. The van der Waals surface area contributed by atoms with Crippen LogP contribution in [0.5, 0.6) is 0 Å². The highest BCUT2D eigenvalue weighted by Crippen LogP contribution is 2.29. The minimum absolute atomic E-state index is 0.684. The average Bonchev–Trinajstić information content (AvgIpc) is 2.09. The molecule has 0 aromatic heterocycles. The van der Waals surface area contributed by atoms with Crippen LogP contribution in [0, 0.1) is 0 Å². The molecule has 2 aliphatic rings. The van der Waals surface area contributed by atoms with Gasteiger partial charge in [-0.05, 0) is 19.3 Å². The van der Waals surface area contributed by atoms with Crippen LogP contribution in [-0.4, -0.2) is 12.1 Å². The monoisotopic (exact) mass is 123 g/mol. The summed E-state index contributed by atoms with van der Waals surface area (Å²) in [6.07, 6.45) is 5.34. The fourth-order valence-corrected chi connectivity index (χ4v) is 1.96. The molecule has 0 amide bonds. The molecule has 0 radical (unpaired) electrons. The lowest BCUT2D eigenvalue weighted by molar-refractivity contribution is 0.414. The van der Waals surface area contributed by atoms with Gasteiger partial charge in [0.2, 0.25) is 0 Å². The number of nitrogens with one attached hydrogen (secondary N) is 1. The van der Waals surface area contributed by atoms with E-state index in [1.165, 1.54) is 31.3 Å². The van der Waals surface area contributed by atoms with Crippen molar-refractivity contribution in [3.8, 4) is 0 Å². The van der Waals surface area contributed by atoms with Crippen molar-refractivity contribution in [2.45, 2.75) is 37.8 Å². The van der Waals surface area contributed by atoms with Crippen LogP contribution in [0.1, 0.15) is 25.7 Å². The third kappa shape index (κ3) is 0.799. The largest absolute Gasteiger partial charge is 0.307 e. The van der Waals surface area contributed by atoms with Crippen LogP contribution >= 0.6 is 0 Å². The van der Waals surface area contributed by atoms with Crippen molar-refractivity contribution < 1.29 is 0 Å². The average molecular weight is 123 g/mol. The Labute approximate surface area is 56.1 Å². The van der Waals surface area contributed by atoms with Gasteiger partial charge in [0.1, 0.15) is 0 Å². The zero-order chi connectivity index (χ0) is 6.27. The molecule has 0 aromatic rings. The number of rotatable bonds is 0. The summed E-state index contributed by atoms with van der Waals surface area (Å²) in [4.78, 5) is 0. The van der Waals surface area contributed by atoms with E-state index in [1.54, 1.807) is 0 Å². The minimum Gasteiger partial charge on any atom is -0.307 e.